The first-order valence-electron chi connectivity index (χ1n) is 16.1. The molecule has 1 unspecified atom stereocenters. The molecule has 244 valence electrons. The second-order valence-corrected chi connectivity index (χ2v) is 13.3. The van der Waals surface area contributed by atoms with Gasteiger partial charge in [-0.1, -0.05) is 48.0 Å². The van der Waals surface area contributed by atoms with Gasteiger partial charge < -0.3 is 10.6 Å². The van der Waals surface area contributed by atoms with Gasteiger partial charge in [0.25, 0.3) is 0 Å². The van der Waals surface area contributed by atoms with Crippen molar-refractivity contribution in [2.45, 2.75) is 58.0 Å². The smallest absolute Gasteiger partial charge is 0.242 e. The Labute approximate surface area is 281 Å². The van der Waals surface area contributed by atoms with Crippen molar-refractivity contribution in [2.24, 2.45) is 11.8 Å². The number of aromatic nitrogens is 4. The Morgan fingerprint density at radius 2 is 1.71 bits per heavy atom. The second kappa shape index (κ2) is 12.6. The summed E-state index contributed by atoms with van der Waals surface area (Å²) in [5.41, 5.74) is 2.65. The van der Waals surface area contributed by atoms with Gasteiger partial charge in [-0.25, -0.2) is 14.4 Å². The number of benzene rings is 3. The lowest BCUT2D eigenvalue weighted by Crippen LogP contribution is -2.62. The number of ketones is 1. The van der Waals surface area contributed by atoms with Gasteiger partial charge in [0, 0.05) is 46.4 Å². The molecule has 3 aliphatic carbocycles. The minimum absolute atomic E-state index is 0.0664. The number of carbonyl (C=O) groups is 3. The largest absolute Gasteiger partial charge is 0.348 e. The number of carbonyl (C=O) groups excluding carboxylic acids is 3. The third-order valence-electron chi connectivity index (χ3n) is 9.85. The summed E-state index contributed by atoms with van der Waals surface area (Å²) < 4.78 is 17.3. The molecular weight excluding hydrogens is 631 g/mol. The zero-order valence-corrected chi connectivity index (χ0v) is 27.4. The zero-order valence-electron chi connectivity index (χ0n) is 26.6. The quantitative estimate of drug-likeness (QED) is 0.170. The van der Waals surface area contributed by atoms with Gasteiger partial charge in [-0.15, -0.1) is 0 Å². The predicted octanol–water partition coefficient (Wildman–Crippen LogP) is 7.17. The fourth-order valence-electron chi connectivity index (χ4n) is 7.38. The van der Waals surface area contributed by atoms with E-state index in [9.17, 15) is 14.4 Å². The van der Waals surface area contributed by atoms with Gasteiger partial charge in [-0.2, -0.15) is 5.10 Å². The second-order valence-electron chi connectivity index (χ2n) is 12.9. The van der Waals surface area contributed by atoms with Crippen LogP contribution in [0.4, 0.5) is 10.1 Å². The number of amides is 2. The molecule has 2 heterocycles. The van der Waals surface area contributed by atoms with Crippen molar-refractivity contribution < 1.29 is 18.8 Å². The summed E-state index contributed by atoms with van der Waals surface area (Å²) in [6.45, 7) is 3.12. The highest BCUT2D eigenvalue weighted by Crippen LogP contribution is 2.48. The number of anilines is 1. The lowest BCUT2D eigenvalue weighted by Gasteiger charge is -2.51. The Morgan fingerprint density at radius 1 is 0.979 bits per heavy atom. The zero-order chi connectivity index (χ0) is 33.6. The molecule has 48 heavy (non-hydrogen) atoms. The highest BCUT2D eigenvalue weighted by atomic mass is 35.5. The van der Waals surface area contributed by atoms with Crippen LogP contribution >= 0.6 is 11.6 Å². The Hall–Kier alpha value is -4.96. The van der Waals surface area contributed by atoms with Crippen LogP contribution in [0.5, 0.6) is 0 Å². The molecule has 2 N–H and O–H groups in total. The monoisotopic (exact) mass is 664 g/mol. The van der Waals surface area contributed by atoms with Crippen LogP contribution in [0, 0.1) is 24.6 Å². The van der Waals surface area contributed by atoms with Crippen LogP contribution in [-0.4, -0.2) is 42.9 Å². The van der Waals surface area contributed by atoms with Crippen molar-refractivity contribution in [3.05, 3.63) is 95.4 Å². The van der Waals surface area contributed by atoms with Crippen LogP contribution < -0.4 is 10.6 Å². The first-order valence-corrected chi connectivity index (χ1v) is 16.5. The molecule has 2 amide bonds. The summed E-state index contributed by atoms with van der Waals surface area (Å²) in [7, 11) is 0. The number of nitrogens with zero attached hydrogens (tertiary/aromatic N) is 4. The van der Waals surface area contributed by atoms with Crippen LogP contribution in [-0.2, 0) is 16.1 Å². The molecule has 0 radical (unpaired) electrons. The van der Waals surface area contributed by atoms with Gasteiger partial charge in [0.05, 0.1) is 22.7 Å². The molecule has 0 saturated heterocycles. The van der Waals surface area contributed by atoms with E-state index in [0.29, 0.717) is 58.1 Å². The third kappa shape index (κ3) is 5.85. The van der Waals surface area contributed by atoms with E-state index in [-0.39, 0.29) is 35.5 Å². The number of aryl methyl sites for hydroxylation is 1. The molecular formula is C37H34ClFN6O3. The van der Waals surface area contributed by atoms with E-state index in [0.717, 1.165) is 24.0 Å². The van der Waals surface area contributed by atoms with Crippen molar-refractivity contribution in [1.82, 2.24) is 25.1 Å². The number of halogens is 2. The van der Waals surface area contributed by atoms with Gasteiger partial charge in [0.1, 0.15) is 18.1 Å². The Bertz CT molecular complexity index is 2070. The molecule has 1 atom stereocenters. The Kier molecular flexibility index (Phi) is 8.29. The van der Waals surface area contributed by atoms with Crippen molar-refractivity contribution in [3.8, 4) is 22.3 Å². The van der Waals surface area contributed by atoms with E-state index in [1.54, 1.807) is 48.8 Å². The highest BCUT2D eigenvalue weighted by molar-refractivity contribution is 6.33. The molecule has 2 aromatic heterocycles. The van der Waals surface area contributed by atoms with E-state index < -0.39 is 17.3 Å². The van der Waals surface area contributed by atoms with Crippen LogP contribution in [0.15, 0.2) is 73.1 Å². The van der Waals surface area contributed by atoms with Crippen LogP contribution in [0.2, 0.25) is 5.02 Å². The van der Waals surface area contributed by atoms with E-state index in [4.69, 9.17) is 11.6 Å². The number of hydrogen-bond donors (Lipinski definition) is 2. The lowest BCUT2D eigenvalue weighted by atomic mass is 9.59. The maximum absolute atomic E-state index is 15.7. The predicted molar refractivity (Wildman–Crippen MR) is 182 cm³/mol. The first kappa shape index (κ1) is 31.6. The average Bonchev–Trinajstić information content (AvgIpc) is 3.44. The molecule has 2 bridgehead atoms. The molecule has 11 heteroatoms. The van der Waals surface area contributed by atoms with E-state index in [1.165, 1.54) is 17.7 Å². The fraction of sp³-hybridized carbons (Fsp3) is 0.297. The van der Waals surface area contributed by atoms with Crippen LogP contribution in [0.3, 0.4) is 0 Å². The van der Waals surface area contributed by atoms with Crippen LogP contribution in [0.25, 0.3) is 33.2 Å². The van der Waals surface area contributed by atoms with E-state index in [1.807, 2.05) is 25.1 Å². The van der Waals surface area contributed by atoms with Crippen molar-refractivity contribution >= 4 is 45.8 Å². The molecule has 5 aromatic rings. The molecule has 3 fully saturated rings. The van der Waals surface area contributed by atoms with Gasteiger partial charge in [-0.05, 0) is 74.8 Å². The minimum Gasteiger partial charge on any atom is -0.348 e. The normalized spacial score (nSPS) is 20.1. The Balaban J connectivity index is 1.13. The number of nitrogens with one attached hydrogen (secondary N) is 2. The maximum Gasteiger partial charge on any atom is 0.242 e. The molecule has 3 aromatic carbocycles. The summed E-state index contributed by atoms with van der Waals surface area (Å²) >= 11 is 6.34. The maximum atomic E-state index is 15.7. The Morgan fingerprint density at radius 3 is 2.44 bits per heavy atom. The SMILES string of the molecule is CC(=O)c1nn(CC(=O)NC23CCC(CC2)CC3C(=O)Nc2cccc(-c3ccccc3Cl)c2F)c2ccc(-c3cnc(C)nc3)cc12. The minimum atomic E-state index is -0.780. The fourth-order valence-corrected chi connectivity index (χ4v) is 7.61. The topological polar surface area (TPSA) is 119 Å². The number of hydrogen-bond acceptors (Lipinski definition) is 6. The third-order valence-corrected chi connectivity index (χ3v) is 10.2. The summed E-state index contributed by atoms with van der Waals surface area (Å²) in [5.74, 6) is -0.949. The van der Waals surface area contributed by atoms with Gasteiger partial charge in [0.15, 0.2) is 11.6 Å². The van der Waals surface area contributed by atoms with Gasteiger partial charge in [-0.3, -0.25) is 19.1 Å². The molecule has 8 rings (SSSR count). The first-order chi connectivity index (χ1) is 23.1. The van der Waals surface area contributed by atoms with Crippen molar-refractivity contribution in [1.29, 1.82) is 0 Å². The average molecular weight is 665 g/mol. The molecule has 3 saturated carbocycles. The summed E-state index contributed by atoms with van der Waals surface area (Å²) in [5, 5.41) is 11.6. The summed E-state index contributed by atoms with van der Waals surface area (Å²) in [6, 6.07) is 17.4. The van der Waals surface area contributed by atoms with Crippen molar-refractivity contribution in [3.63, 3.8) is 0 Å². The van der Waals surface area contributed by atoms with Crippen molar-refractivity contribution in [2.75, 3.05) is 5.32 Å². The number of rotatable bonds is 8. The molecule has 0 spiro atoms. The summed E-state index contributed by atoms with van der Waals surface area (Å²) in [4.78, 5) is 48.8. The van der Waals surface area contributed by atoms with Gasteiger partial charge in [0.2, 0.25) is 11.8 Å². The summed E-state index contributed by atoms with van der Waals surface area (Å²) in [6.07, 6.45) is 7.13. The lowest BCUT2D eigenvalue weighted by molar-refractivity contribution is -0.132. The van der Waals surface area contributed by atoms with E-state index in [2.05, 4.69) is 25.7 Å². The van der Waals surface area contributed by atoms with E-state index >= 15 is 4.39 Å². The number of fused-ring (bicyclic) bond motifs is 4. The molecule has 3 aliphatic rings. The standard InChI is InChI=1S/C37H34ClFN6O3/c1-21(46)35-28-17-24(25-18-40-22(2)41-19-25)10-11-32(28)45(44-35)20-33(47)43-37-14-12-23(13-15-37)16-29(37)36(48)42-31-9-5-7-27(34(31)39)26-6-3-4-8-30(26)38/h3-11,17-19,23,29H,12-16,20H2,1-2H3,(H,42,48)(H,43,47). The molecule has 0 aliphatic heterocycles. The van der Waals surface area contributed by atoms with Gasteiger partial charge >= 0.3 is 0 Å². The van der Waals surface area contributed by atoms with Crippen LogP contribution in [0.1, 0.15) is 55.3 Å². The number of Topliss-reactive ketones (excluding diaryl/α,β-unsaturated/α-hetero) is 1. The highest BCUT2D eigenvalue weighted by Gasteiger charge is 2.51. The molecule has 9 nitrogen and oxygen atoms in total.